The van der Waals surface area contributed by atoms with Crippen molar-refractivity contribution in [3.63, 3.8) is 0 Å². The quantitative estimate of drug-likeness (QED) is 0.895. The van der Waals surface area contributed by atoms with E-state index in [-0.39, 0.29) is 18.9 Å². The van der Waals surface area contributed by atoms with Crippen LogP contribution in [-0.4, -0.2) is 25.5 Å². The highest BCUT2D eigenvalue weighted by Crippen LogP contribution is 2.31. The van der Waals surface area contributed by atoms with E-state index >= 15 is 0 Å². The molecule has 1 atom stereocenters. The highest BCUT2D eigenvalue weighted by atomic mass is 35.5. The average molecular weight is 269 g/mol. The van der Waals surface area contributed by atoms with Gasteiger partial charge >= 0.3 is 0 Å². The lowest BCUT2D eigenvalue weighted by atomic mass is 10.1. The first-order valence-corrected chi connectivity index (χ1v) is 5.83. The largest absolute Gasteiger partial charge is 0.497 e. The van der Waals surface area contributed by atoms with Crippen LogP contribution in [0.5, 0.6) is 5.75 Å². The summed E-state index contributed by atoms with van der Waals surface area (Å²) in [6.07, 6.45) is 0.143. The molecule has 2 amide bonds. The number of carbonyl (C=O) groups is 2. The molecule has 1 saturated heterocycles. The van der Waals surface area contributed by atoms with Gasteiger partial charge in [-0.05, 0) is 12.1 Å². The van der Waals surface area contributed by atoms with Crippen LogP contribution < -0.4 is 15.4 Å². The Morgan fingerprint density at radius 2 is 2.22 bits per heavy atom. The van der Waals surface area contributed by atoms with Gasteiger partial charge in [-0.2, -0.15) is 0 Å². The van der Waals surface area contributed by atoms with Crippen molar-refractivity contribution in [1.82, 2.24) is 0 Å². The van der Waals surface area contributed by atoms with Gasteiger partial charge in [0, 0.05) is 29.7 Å². The summed E-state index contributed by atoms with van der Waals surface area (Å²) in [6.45, 7) is 0.289. The van der Waals surface area contributed by atoms with Crippen LogP contribution in [0.3, 0.4) is 0 Å². The lowest BCUT2D eigenvalue weighted by Gasteiger charge is -2.17. The molecular weight excluding hydrogens is 256 g/mol. The smallest absolute Gasteiger partial charge is 0.227 e. The molecule has 6 heteroatoms. The van der Waals surface area contributed by atoms with Crippen LogP contribution in [0.15, 0.2) is 18.2 Å². The van der Waals surface area contributed by atoms with E-state index in [1.807, 2.05) is 0 Å². The molecule has 18 heavy (non-hydrogen) atoms. The van der Waals surface area contributed by atoms with Gasteiger partial charge in [0.05, 0.1) is 13.0 Å². The molecule has 0 aromatic heterocycles. The van der Waals surface area contributed by atoms with Crippen LogP contribution >= 0.6 is 11.6 Å². The molecule has 1 aliphatic rings. The van der Waals surface area contributed by atoms with Crippen molar-refractivity contribution in [1.29, 1.82) is 0 Å². The first-order chi connectivity index (χ1) is 8.51. The van der Waals surface area contributed by atoms with Gasteiger partial charge in [0.2, 0.25) is 11.8 Å². The van der Waals surface area contributed by atoms with Gasteiger partial charge in [0.25, 0.3) is 0 Å². The number of nitrogens with two attached hydrogens (primary N) is 1. The molecule has 96 valence electrons. The molecule has 0 bridgehead atoms. The minimum atomic E-state index is -0.458. The minimum Gasteiger partial charge on any atom is -0.497 e. The average Bonchev–Trinajstić information content (AvgIpc) is 2.70. The molecule has 0 radical (unpaired) electrons. The van der Waals surface area contributed by atoms with Crippen LogP contribution in [0.4, 0.5) is 5.69 Å². The zero-order valence-electron chi connectivity index (χ0n) is 9.85. The van der Waals surface area contributed by atoms with E-state index in [4.69, 9.17) is 22.1 Å². The van der Waals surface area contributed by atoms with E-state index < -0.39 is 11.8 Å². The predicted molar refractivity (Wildman–Crippen MR) is 67.7 cm³/mol. The Bertz CT molecular complexity index is 504. The van der Waals surface area contributed by atoms with Crippen molar-refractivity contribution in [3.05, 3.63) is 23.2 Å². The van der Waals surface area contributed by atoms with Crippen LogP contribution in [0.25, 0.3) is 0 Å². The molecular formula is C12H13ClN2O3. The van der Waals surface area contributed by atoms with Gasteiger partial charge in [-0.15, -0.1) is 0 Å². The zero-order valence-corrected chi connectivity index (χ0v) is 10.6. The SMILES string of the molecule is COc1cc(Cl)cc(N2CC(C(N)=O)CC2=O)c1. The van der Waals surface area contributed by atoms with Gasteiger partial charge in [-0.25, -0.2) is 0 Å². The summed E-state index contributed by atoms with van der Waals surface area (Å²) >= 11 is 5.94. The number of hydrogen-bond donors (Lipinski definition) is 1. The molecule has 1 unspecified atom stereocenters. The number of ether oxygens (including phenoxy) is 1. The number of primary amides is 1. The fraction of sp³-hybridized carbons (Fsp3) is 0.333. The lowest BCUT2D eigenvalue weighted by Crippen LogP contribution is -2.28. The molecule has 1 aromatic carbocycles. The Labute approximate surface area is 109 Å². The number of halogens is 1. The summed E-state index contributed by atoms with van der Waals surface area (Å²) < 4.78 is 5.09. The maximum absolute atomic E-state index is 11.8. The normalized spacial score (nSPS) is 19.1. The highest BCUT2D eigenvalue weighted by molar-refractivity contribution is 6.31. The van der Waals surface area contributed by atoms with Gasteiger partial charge in [0.1, 0.15) is 5.75 Å². The van der Waals surface area contributed by atoms with E-state index in [2.05, 4.69) is 0 Å². The Morgan fingerprint density at radius 1 is 1.50 bits per heavy atom. The van der Waals surface area contributed by atoms with Crippen molar-refractivity contribution >= 4 is 29.1 Å². The topological polar surface area (TPSA) is 72.6 Å². The third-order valence-electron chi connectivity index (χ3n) is 2.93. The van der Waals surface area contributed by atoms with E-state index in [1.165, 1.54) is 12.0 Å². The van der Waals surface area contributed by atoms with Gasteiger partial charge < -0.3 is 15.4 Å². The van der Waals surface area contributed by atoms with Crippen molar-refractivity contribution in [3.8, 4) is 5.75 Å². The van der Waals surface area contributed by atoms with Crippen LogP contribution in [0.2, 0.25) is 5.02 Å². The first kappa shape index (κ1) is 12.7. The van der Waals surface area contributed by atoms with E-state index in [9.17, 15) is 9.59 Å². The Balaban J connectivity index is 2.29. The van der Waals surface area contributed by atoms with Crippen molar-refractivity contribution in [2.45, 2.75) is 6.42 Å². The molecule has 1 aliphatic heterocycles. The molecule has 1 aromatic rings. The van der Waals surface area contributed by atoms with Crippen LogP contribution in [-0.2, 0) is 9.59 Å². The zero-order chi connectivity index (χ0) is 13.3. The molecule has 0 saturated carbocycles. The van der Waals surface area contributed by atoms with Crippen LogP contribution in [0, 0.1) is 5.92 Å². The van der Waals surface area contributed by atoms with Crippen molar-refractivity contribution in [2.75, 3.05) is 18.6 Å². The number of hydrogen-bond acceptors (Lipinski definition) is 3. The Morgan fingerprint density at radius 3 is 2.78 bits per heavy atom. The number of benzene rings is 1. The molecule has 1 heterocycles. The van der Waals surface area contributed by atoms with Crippen molar-refractivity contribution in [2.24, 2.45) is 11.7 Å². The molecule has 1 fully saturated rings. The van der Waals surface area contributed by atoms with Gasteiger partial charge in [0.15, 0.2) is 0 Å². The predicted octanol–water partition coefficient (Wildman–Crippen LogP) is 1.19. The number of rotatable bonds is 3. The molecule has 2 rings (SSSR count). The molecule has 0 aliphatic carbocycles. The summed E-state index contributed by atoms with van der Waals surface area (Å²) in [4.78, 5) is 24.4. The second kappa shape index (κ2) is 4.86. The third-order valence-corrected chi connectivity index (χ3v) is 3.15. The fourth-order valence-electron chi connectivity index (χ4n) is 1.97. The Kier molecular flexibility index (Phi) is 3.43. The molecule has 0 spiro atoms. The second-order valence-corrected chi connectivity index (χ2v) is 4.59. The molecule has 2 N–H and O–H groups in total. The van der Waals surface area contributed by atoms with Gasteiger partial charge in [-0.3, -0.25) is 9.59 Å². The number of methoxy groups -OCH3 is 1. The van der Waals surface area contributed by atoms with E-state index in [0.717, 1.165) is 0 Å². The van der Waals surface area contributed by atoms with E-state index in [1.54, 1.807) is 18.2 Å². The summed E-state index contributed by atoms with van der Waals surface area (Å²) in [5, 5.41) is 0.472. The Hall–Kier alpha value is -1.75. The first-order valence-electron chi connectivity index (χ1n) is 5.45. The maximum Gasteiger partial charge on any atom is 0.227 e. The maximum atomic E-state index is 11.8. The number of amides is 2. The van der Waals surface area contributed by atoms with E-state index in [0.29, 0.717) is 16.5 Å². The minimum absolute atomic E-state index is 0.136. The standard InChI is InChI=1S/C12H13ClN2O3/c1-18-10-4-8(13)3-9(5-10)15-6-7(12(14)17)2-11(15)16/h3-5,7H,2,6H2,1H3,(H2,14,17). The molecule has 5 nitrogen and oxygen atoms in total. The number of anilines is 1. The monoisotopic (exact) mass is 268 g/mol. The number of carbonyl (C=O) groups excluding carboxylic acids is 2. The lowest BCUT2D eigenvalue weighted by molar-refractivity contribution is -0.123. The highest BCUT2D eigenvalue weighted by Gasteiger charge is 2.34. The van der Waals surface area contributed by atoms with Crippen molar-refractivity contribution < 1.29 is 14.3 Å². The summed E-state index contributed by atoms with van der Waals surface area (Å²) in [5.41, 5.74) is 5.84. The summed E-state index contributed by atoms with van der Waals surface area (Å²) in [6, 6.07) is 5.01. The fourth-order valence-corrected chi connectivity index (χ4v) is 2.19. The van der Waals surface area contributed by atoms with Gasteiger partial charge in [-0.1, -0.05) is 11.6 Å². The summed E-state index contributed by atoms with van der Waals surface area (Å²) in [7, 11) is 1.52. The van der Waals surface area contributed by atoms with Crippen LogP contribution in [0.1, 0.15) is 6.42 Å². The second-order valence-electron chi connectivity index (χ2n) is 4.16. The summed E-state index contributed by atoms with van der Waals surface area (Å²) in [5.74, 6) is -0.474. The number of nitrogens with zero attached hydrogens (tertiary/aromatic N) is 1. The third kappa shape index (κ3) is 2.41.